The molecule has 0 saturated carbocycles. The molecule has 160 valence electrons. The molecule has 31 heavy (non-hydrogen) atoms. The second kappa shape index (κ2) is 9.31. The van der Waals surface area contributed by atoms with E-state index in [0.29, 0.717) is 11.4 Å². The third kappa shape index (κ3) is 4.77. The Morgan fingerprint density at radius 2 is 2.03 bits per heavy atom. The second-order valence-electron chi connectivity index (χ2n) is 7.39. The van der Waals surface area contributed by atoms with E-state index in [2.05, 4.69) is 11.9 Å². The third-order valence-electron chi connectivity index (χ3n) is 5.01. The third-order valence-corrected chi connectivity index (χ3v) is 5.92. The maximum Gasteiger partial charge on any atom is 0.326 e. The summed E-state index contributed by atoms with van der Waals surface area (Å²) in [6, 6.07) is 15.1. The fourth-order valence-electron chi connectivity index (χ4n) is 3.41. The van der Waals surface area contributed by atoms with Crippen molar-refractivity contribution in [1.29, 1.82) is 0 Å². The molecule has 0 radical (unpaired) electrons. The average Bonchev–Trinajstić information content (AvgIpc) is 3.25. The highest BCUT2D eigenvalue weighted by Gasteiger charge is 2.33. The van der Waals surface area contributed by atoms with Gasteiger partial charge in [-0.1, -0.05) is 37.3 Å². The lowest BCUT2D eigenvalue weighted by atomic mass is 10.1. The van der Waals surface area contributed by atoms with Crippen molar-refractivity contribution >= 4 is 28.9 Å². The molecule has 7 heteroatoms. The van der Waals surface area contributed by atoms with Gasteiger partial charge in [-0.05, 0) is 43.5 Å². The fraction of sp³-hybridized carbons (Fsp3) is 0.292. The van der Waals surface area contributed by atoms with Crippen molar-refractivity contribution in [2.45, 2.75) is 39.4 Å². The van der Waals surface area contributed by atoms with E-state index in [1.54, 1.807) is 18.3 Å². The molecule has 0 bridgehead atoms. The summed E-state index contributed by atoms with van der Waals surface area (Å²) in [6.07, 6.45) is 1.31. The first-order chi connectivity index (χ1) is 15.0. The molecule has 4 rings (SSSR count). The Morgan fingerprint density at radius 3 is 2.81 bits per heavy atom. The van der Waals surface area contributed by atoms with Crippen molar-refractivity contribution in [2.24, 2.45) is 0 Å². The predicted molar refractivity (Wildman–Crippen MR) is 120 cm³/mol. The van der Waals surface area contributed by atoms with Gasteiger partial charge in [-0.25, -0.2) is 4.98 Å². The number of hydrogen-bond acceptors (Lipinski definition) is 6. The summed E-state index contributed by atoms with van der Waals surface area (Å²) in [4.78, 5) is 31.5. The lowest BCUT2D eigenvalue weighted by Crippen LogP contribution is -2.47. The van der Waals surface area contributed by atoms with Crippen LogP contribution in [0.5, 0.6) is 5.75 Å². The van der Waals surface area contributed by atoms with Crippen LogP contribution in [-0.4, -0.2) is 29.5 Å². The average molecular weight is 437 g/mol. The van der Waals surface area contributed by atoms with Gasteiger partial charge < -0.3 is 9.47 Å². The first-order valence-corrected chi connectivity index (χ1v) is 11.2. The fourth-order valence-corrected chi connectivity index (χ4v) is 4.32. The Labute approximate surface area is 185 Å². The Morgan fingerprint density at radius 1 is 1.23 bits per heavy atom. The van der Waals surface area contributed by atoms with Gasteiger partial charge in [-0.2, -0.15) is 0 Å². The first kappa shape index (κ1) is 21.1. The van der Waals surface area contributed by atoms with Gasteiger partial charge in [-0.15, -0.1) is 11.3 Å². The largest absolute Gasteiger partial charge is 0.479 e. The molecule has 0 N–H and O–H groups in total. The number of carbonyl (C=O) groups excluding carboxylic acids is 2. The van der Waals surface area contributed by atoms with Crippen LogP contribution in [0, 0.1) is 0 Å². The van der Waals surface area contributed by atoms with Crippen LogP contribution in [0.2, 0.25) is 0 Å². The summed E-state index contributed by atoms with van der Waals surface area (Å²) in [5, 5.41) is 3.09. The number of carbonyl (C=O) groups is 2. The molecule has 0 fully saturated rings. The van der Waals surface area contributed by atoms with Gasteiger partial charge in [0.25, 0.3) is 5.91 Å². The molecule has 1 aromatic heterocycles. The molecule has 1 aliphatic heterocycles. The molecule has 1 aliphatic rings. The number of rotatable bonds is 7. The van der Waals surface area contributed by atoms with E-state index in [-0.39, 0.29) is 19.1 Å². The molecule has 2 aromatic carbocycles. The Balaban J connectivity index is 1.55. The number of benzene rings is 2. The van der Waals surface area contributed by atoms with Crippen LogP contribution >= 0.6 is 11.3 Å². The standard InChI is InChI=1S/C24H24N2O4S/c1-3-7-22-25-19(15-31-22)18-10-11-21-20(12-18)26(24(28)16(2)30-21)13-23(27)29-14-17-8-5-4-6-9-17/h4-6,8-12,15-16H,3,7,13-14H2,1-2H3. The zero-order valence-corrected chi connectivity index (χ0v) is 18.4. The zero-order chi connectivity index (χ0) is 21.8. The maximum absolute atomic E-state index is 12.8. The minimum Gasteiger partial charge on any atom is -0.479 e. The van der Waals surface area contributed by atoms with Crippen molar-refractivity contribution in [2.75, 3.05) is 11.4 Å². The summed E-state index contributed by atoms with van der Waals surface area (Å²) in [5.41, 5.74) is 3.19. The smallest absolute Gasteiger partial charge is 0.326 e. The van der Waals surface area contributed by atoms with Gasteiger partial charge >= 0.3 is 5.97 Å². The summed E-state index contributed by atoms with van der Waals surface area (Å²) >= 11 is 1.63. The van der Waals surface area contributed by atoms with Crippen LogP contribution in [0.15, 0.2) is 53.9 Å². The van der Waals surface area contributed by atoms with Crippen molar-refractivity contribution in [3.05, 3.63) is 64.5 Å². The van der Waals surface area contributed by atoms with E-state index in [1.807, 2.05) is 53.9 Å². The highest BCUT2D eigenvalue weighted by Crippen LogP contribution is 2.37. The number of ether oxygens (including phenoxy) is 2. The number of thiazole rings is 1. The van der Waals surface area contributed by atoms with Crippen molar-refractivity contribution in [3.8, 4) is 17.0 Å². The van der Waals surface area contributed by atoms with Crippen molar-refractivity contribution in [3.63, 3.8) is 0 Å². The Bertz CT molecular complexity index is 1080. The number of nitrogens with zero attached hydrogens (tertiary/aromatic N) is 2. The molecule has 6 nitrogen and oxygen atoms in total. The van der Waals surface area contributed by atoms with Gasteiger partial charge in [0.15, 0.2) is 6.10 Å². The van der Waals surface area contributed by atoms with Gasteiger partial charge in [0.05, 0.1) is 16.4 Å². The van der Waals surface area contributed by atoms with Crippen LogP contribution in [0.4, 0.5) is 5.69 Å². The summed E-state index contributed by atoms with van der Waals surface area (Å²) in [6.45, 7) is 3.80. The topological polar surface area (TPSA) is 68.7 Å². The predicted octanol–water partition coefficient (Wildman–Crippen LogP) is 4.62. The molecule has 2 heterocycles. The van der Waals surface area contributed by atoms with E-state index in [9.17, 15) is 9.59 Å². The number of hydrogen-bond donors (Lipinski definition) is 0. The quantitative estimate of drug-likeness (QED) is 0.506. The van der Waals surface area contributed by atoms with Crippen LogP contribution in [0.1, 0.15) is 30.8 Å². The van der Waals surface area contributed by atoms with Gasteiger partial charge in [0.1, 0.15) is 18.9 Å². The number of fused-ring (bicyclic) bond motifs is 1. The summed E-state index contributed by atoms with van der Waals surface area (Å²) < 4.78 is 11.1. The maximum atomic E-state index is 12.8. The number of anilines is 1. The van der Waals surface area contributed by atoms with E-state index >= 15 is 0 Å². The van der Waals surface area contributed by atoms with E-state index in [1.165, 1.54) is 4.90 Å². The number of aryl methyl sites for hydroxylation is 1. The summed E-state index contributed by atoms with van der Waals surface area (Å²) in [7, 11) is 0. The highest BCUT2D eigenvalue weighted by molar-refractivity contribution is 7.09. The SMILES string of the molecule is CCCc1nc(-c2ccc3c(c2)N(CC(=O)OCc2ccccc2)C(=O)C(C)O3)cs1. The van der Waals surface area contributed by atoms with Gasteiger partial charge in [0.2, 0.25) is 0 Å². The minimum absolute atomic E-state index is 0.166. The molecule has 0 spiro atoms. The Hall–Kier alpha value is -3.19. The van der Waals surface area contributed by atoms with Gasteiger partial charge in [-0.3, -0.25) is 14.5 Å². The van der Waals surface area contributed by atoms with Crippen molar-refractivity contribution in [1.82, 2.24) is 4.98 Å². The first-order valence-electron chi connectivity index (χ1n) is 10.3. The molecule has 1 amide bonds. The molecular weight excluding hydrogens is 412 g/mol. The monoisotopic (exact) mass is 436 g/mol. The summed E-state index contributed by atoms with van der Waals surface area (Å²) in [5.74, 6) is -0.177. The van der Waals surface area contributed by atoms with Crippen LogP contribution in [-0.2, 0) is 27.4 Å². The van der Waals surface area contributed by atoms with Crippen molar-refractivity contribution < 1.29 is 19.1 Å². The molecule has 1 atom stereocenters. The lowest BCUT2D eigenvalue weighted by molar-refractivity contribution is -0.144. The van der Waals surface area contributed by atoms with E-state index < -0.39 is 12.1 Å². The lowest BCUT2D eigenvalue weighted by Gasteiger charge is -2.32. The minimum atomic E-state index is -0.671. The highest BCUT2D eigenvalue weighted by atomic mass is 32.1. The van der Waals surface area contributed by atoms with E-state index in [4.69, 9.17) is 9.47 Å². The molecule has 0 aliphatic carbocycles. The van der Waals surface area contributed by atoms with E-state index in [0.717, 1.165) is 34.7 Å². The number of esters is 1. The molecule has 1 unspecified atom stereocenters. The van der Waals surface area contributed by atoms with Crippen LogP contribution < -0.4 is 9.64 Å². The second-order valence-corrected chi connectivity index (χ2v) is 8.33. The zero-order valence-electron chi connectivity index (χ0n) is 17.5. The number of aromatic nitrogens is 1. The van der Waals surface area contributed by atoms with Gasteiger partial charge in [0, 0.05) is 10.9 Å². The number of amides is 1. The van der Waals surface area contributed by atoms with Crippen LogP contribution in [0.25, 0.3) is 11.3 Å². The van der Waals surface area contributed by atoms with Crippen LogP contribution in [0.3, 0.4) is 0 Å². The molecular formula is C24H24N2O4S. The Kier molecular flexibility index (Phi) is 6.32. The molecule has 3 aromatic rings. The normalized spacial score (nSPS) is 15.4. The molecule has 0 saturated heterocycles.